The van der Waals surface area contributed by atoms with E-state index in [1.165, 1.54) is 38.2 Å². The average Bonchev–Trinajstić information content (AvgIpc) is 3.27. The first kappa shape index (κ1) is 25.6. The third kappa shape index (κ3) is 4.80. The first-order valence-electron chi connectivity index (χ1n) is 10.8. The molecule has 0 radical (unpaired) electrons. The topological polar surface area (TPSA) is 100 Å². The van der Waals surface area contributed by atoms with Crippen molar-refractivity contribution in [3.8, 4) is 11.5 Å². The first-order valence-corrected chi connectivity index (χ1v) is 11.6. The number of imide groups is 1. The van der Waals surface area contributed by atoms with Crippen molar-refractivity contribution in [1.82, 2.24) is 14.9 Å². The first-order chi connectivity index (χ1) is 17.0. The standard InChI is InChI=1S/C23H23F3N4O5S/c1-12-13(5-4-6-16(12)23(24,25)26)10-30-20(31)15(19-27-21(32)36-28-19)11-29(22(30)33)14-7-8-17(34-2)18(9-14)35-3/h4-9,15,19,28H,10-11H2,1-3H3,(H,27,32). The third-order valence-electron chi connectivity index (χ3n) is 6.14. The van der Waals surface area contributed by atoms with Gasteiger partial charge in [0.1, 0.15) is 6.17 Å². The van der Waals surface area contributed by atoms with E-state index in [-0.39, 0.29) is 29.5 Å². The second-order valence-electron chi connectivity index (χ2n) is 8.18. The molecular formula is C23H23F3N4O5S. The lowest BCUT2D eigenvalue weighted by molar-refractivity contribution is -0.138. The van der Waals surface area contributed by atoms with Crippen molar-refractivity contribution in [2.75, 3.05) is 25.7 Å². The fourth-order valence-corrected chi connectivity index (χ4v) is 4.86. The number of ether oxygens (including phenoxy) is 2. The summed E-state index contributed by atoms with van der Waals surface area (Å²) in [6.07, 6.45) is -5.37. The summed E-state index contributed by atoms with van der Waals surface area (Å²) in [5.41, 5.74) is -0.352. The van der Waals surface area contributed by atoms with Crippen molar-refractivity contribution in [2.24, 2.45) is 5.92 Å². The van der Waals surface area contributed by atoms with E-state index in [0.717, 1.165) is 22.9 Å². The molecule has 2 N–H and O–H groups in total. The molecule has 36 heavy (non-hydrogen) atoms. The SMILES string of the molecule is COc1ccc(N2CC(C3NSC(=O)N3)C(=O)N(Cc3cccc(C(F)(F)F)c3C)C2=O)cc1OC. The highest BCUT2D eigenvalue weighted by Gasteiger charge is 2.46. The van der Waals surface area contributed by atoms with Gasteiger partial charge in [-0.05, 0) is 36.2 Å². The molecule has 0 spiro atoms. The Labute approximate surface area is 209 Å². The van der Waals surface area contributed by atoms with Gasteiger partial charge in [0.15, 0.2) is 11.5 Å². The molecule has 2 heterocycles. The molecule has 2 aromatic rings. The predicted octanol–water partition coefficient (Wildman–Crippen LogP) is 3.90. The Hall–Kier alpha value is -3.45. The summed E-state index contributed by atoms with van der Waals surface area (Å²) in [4.78, 5) is 41.0. The highest BCUT2D eigenvalue weighted by Crippen LogP contribution is 2.36. The van der Waals surface area contributed by atoms with E-state index >= 15 is 0 Å². The second-order valence-corrected chi connectivity index (χ2v) is 8.99. The average molecular weight is 525 g/mol. The van der Waals surface area contributed by atoms with Gasteiger partial charge in [0.25, 0.3) is 5.24 Å². The van der Waals surface area contributed by atoms with Crippen LogP contribution in [0.25, 0.3) is 0 Å². The van der Waals surface area contributed by atoms with Gasteiger partial charge in [-0.3, -0.25) is 19.4 Å². The number of nitrogens with one attached hydrogen (secondary N) is 2. The molecule has 4 amide bonds. The summed E-state index contributed by atoms with van der Waals surface area (Å²) < 4.78 is 53.8. The molecule has 192 valence electrons. The molecule has 0 bridgehead atoms. The number of alkyl halides is 3. The van der Waals surface area contributed by atoms with Crippen molar-refractivity contribution in [3.05, 3.63) is 53.1 Å². The minimum atomic E-state index is -4.58. The van der Waals surface area contributed by atoms with E-state index in [2.05, 4.69) is 10.0 Å². The lowest BCUT2D eigenvalue weighted by Crippen LogP contribution is -2.62. The van der Waals surface area contributed by atoms with E-state index in [0.29, 0.717) is 17.2 Å². The summed E-state index contributed by atoms with van der Waals surface area (Å²) in [7, 11) is 2.90. The van der Waals surface area contributed by atoms with Gasteiger partial charge in [0.2, 0.25) is 5.91 Å². The molecule has 9 nitrogen and oxygen atoms in total. The van der Waals surface area contributed by atoms with Crippen LogP contribution in [-0.4, -0.2) is 49.0 Å². The maximum Gasteiger partial charge on any atom is 0.416 e. The monoisotopic (exact) mass is 524 g/mol. The van der Waals surface area contributed by atoms with Gasteiger partial charge in [0, 0.05) is 30.2 Å². The number of nitrogens with zero attached hydrogens (tertiary/aromatic N) is 2. The Bertz CT molecular complexity index is 1210. The van der Waals surface area contributed by atoms with Crippen LogP contribution in [0.2, 0.25) is 0 Å². The molecule has 2 aliphatic heterocycles. The van der Waals surface area contributed by atoms with Crippen LogP contribution in [0.15, 0.2) is 36.4 Å². The number of methoxy groups -OCH3 is 2. The smallest absolute Gasteiger partial charge is 0.416 e. The molecule has 2 atom stereocenters. The molecular weight excluding hydrogens is 501 g/mol. The minimum Gasteiger partial charge on any atom is -0.493 e. The van der Waals surface area contributed by atoms with Crippen LogP contribution >= 0.6 is 11.9 Å². The number of amides is 4. The summed E-state index contributed by atoms with van der Waals surface area (Å²) in [5.74, 6) is -0.745. The number of benzene rings is 2. The van der Waals surface area contributed by atoms with Crippen LogP contribution in [0.4, 0.5) is 28.4 Å². The second kappa shape index (κ2) is 9.90. The van der Waals surface area contributed by atoms with Crippen LogP contribution in [0.5, 0.6) is 11.5 Å². The van der Waals surface area contributed by atoms with E-state index in [1.807, 2.05) is 0 Å². The zero-order valence-electron chi connectivity index (χ0n) is 19.5. The molecule has 13 heteroatoms. The van der Waals surface area contributed by atoms with Crippen LogP contribution in [0, 0.1) is 12.8 Å². The largest absolute Gasteiger partial charge is 0.493 e. The summed E-state index contributed by atoms with van der Waals surface area (Å²) >= 11 is 0.786. The van der Waals surface area contributed by atoms with Crippen LogP contribution in [0.3, 0.4) is 0 Å². The van der Waals surface area contributed by atoms with Crippen LogP contribution in [0.1, 0.15) is 16.7 Å². The molecule has 2 unspecified atom stereocenters. The van der Waals surface area contributed by atoms with Gasteiger partial charge in [-0.25, -0.2) is 9.52 Å². The molecule has 2 fully saturated rings. The zero-order chi connectivity index (χ0) is 26.2. The van der Waals surface area contributed by atoms with Gasteiger partial charge in [-0.1, -0.05) is 12.1 Å². The normalized spacial score (nSPS) is 20.6. The maximum atomic E-state index is 13.5. The zero-order valence-corrected chi connectivity index (χ0v) is 20.3. The lowest BCUT2D eigenvalue weighted by atomic mass is 9.98. The molecule has 0 aliphatic carbocycles. The molecule has 2 saturated heterocycles. The van der Waals surface area contributed by atoms with E-state index < -0.39 is 35.8 Å². The van der Waals surface area contributed by atoms with E-state index in [1.54, 1.807) is 18.2 Å². The van der Waals surface area contributed by atoms with E-state index in [9.17, 15) is 27.6 Å². The molecule has 0 saturated carbocycles. The molecule has 2 aromatic carbocycles. The van der Waals surface area contributed by atoms with Gasteiger partial charge >= 0.3 is 12.2 Å². The van der Waals surface area contributed by atoms with Crippen LogP contribution in [-0.2, 0) is 17.5 Å². The fraction of sp³-hybridized carbons (Fsp3) is 0.348. The fourth-order valence-electron chi connectivity index (χ4n) is 4.21. The quantitative estimate of drug-likeness (QED) is 0.553. The van der Waals surface area contributed by atoms with E-state index in [4.69, 9.17) is 9.47 Å². The number of hydrogen-bond acceptors (Lipinski definition) is 7. The molecule has 4 rings (SSSR count). The summed E-state index contributed by atoms with van der Waals surface area (Å²) in [6, 6.07) is 7.69. The van der Waals surface area contributed by atoms with Crippen molar-refractivity contribution < 1.29 is 37.0 Å². The molecule has 0 aromatic heterocycles. The van der Waals surface area contributed by atoms with Crippen molar-refractivity contribution in [2.45, 2.75) is 25.8 Å². The number of urea groups is 1. The number of anilines is 1. The number of carbonyl (C=O) groups excluding carboxylic acids is 3. The van der Waals surface area contributed by atoms with Gasteiger partial charge in [-0.15, -0.1) is 0 Å². The number of carbonyl (C=O) groups is 3. The lowest BCUT2D eigenvalue weighted by Gasteiger charge is -2.40. The highest BCUT2D eigenvalue weighted by molar-refractivity contribution is 8.12. The van der Waals surface area contributed by atoms with Crippen molar-refractivity contribution in [1.29, 1.82) is 0 Å². The maximum absolute atomic E-state index is 13.5. The Morgan fingerprint density at radius 1 is 1.08 bits per heavy atom. The van der Waals surface area contributed by atoms with Gasteiger partial charge in [0.05, 0.1) is 32.2 Å². The number of halogens is 3. The van der Waals surface area contributed by atoms with Crippen molar-refractivity contribution in [3.63, 3.8) is 0 Å². The van der Waals surface area contributed by atoms with Gasteiger partial charge < -0.3 is 14.8 Å². The minimum absolute atomic E-state index is 0.0757. The van der Waals surface area contributed by atoms with Crippen molar-refractivity contribution >= 4 is 34.8 Å². The Morgan fingerprint density at radius 2 is 1.81 bits per heavy atom. The Kier molecular flexibility index (Phi) is 7.05. The predicted molar refractivity (Wildman–Crippen MR) is 126 cm³/mol. The highest BCUT2D eigenvalue weighted by atomic mass is 32.2. The summed E-state index contributed by atoms with van der Waals surface area (Å²) in [5, 5.41) is 2.25. The Balaban J connectivity index is 1.73. The number of hydrogen-bond donors (Lipinski definition) is 2. The Morgan fingerprint density at radius 3 is 2.42 bits per heavy atom. The van der Waals surface area contributed by atoms with Crippen LogP contribution < -0.4 is 24.4 Å². The van der Waals surface area contributed by atoms with Gasteiger partial charge in [-0.2, -0.15) is 13.2 Å². The summed E-state index contributed by atoms with van der Waals surface area (Å²) in [6.45, 7) is 0.848. The molecule has 2 aliphatic rings. The number of rotatable bonds is 6. The third-order valence-corrected chi connectivity index (χ3v) is 6.81.